The highest BCUT2D eigenvalue weighted by Gasteiger charge is 2.25. The number of nitrogens with one attached hydrogen (secondary N) is 1. The second-order valence-corrected chi connectivity index (χ2v) is 2.42. The molecule has 1 aliphatic rings. The Morgan fingerprint density at radius 3 is 2.33 bits per heavy atom. The number of rotatable bonds is 2. The van der Waals surface area contributed by atoms with Gasteiger partial charge in [0.2, 0.25) is 5.78 Å². The van der Waals surface area contributed by atoms with Gasteiger partial charge < -0.3 is 16.5 Å². The lowest BCUT2D eigenvalue weighted by atomic mass is 10.0. The van der Waals surface area contributed by atoms with Gasteiger partial charge in [-0.2, -0.15) is 0 Å². The van der Waals surface area contributed by atoms with E-state index < -0.39 is 11.7 Å². The minimum Gasteiger partial charge on any atom is -0.412 e. The van der Waals surface area contributed by atoms with Crippen LogP contribution in [-0.4, -0.2) is 30.3 Å². The van der Waals surface area contributed by atoms with E-state index in [0.717, 1.165) is 13.0 Å². The Morgan fingerprint density at radius 2 is 2.00 bits per heavy atom. The van der Waals surface area contributed by atoms with E-state index in [4.69, 9.17) is 5.73 Å². The summed E-state index contributed by atoms with van der Waals surface area (Å²) in [5, 5.41) is 2.98. The van der Waals surface area contributed by atoms with Crippen LogP contribution in [0.25, 0.3) is 0 Å². The van der Waals surface area contributed by atoms with Gasteiger partial charge in [0.25, 0.3) is 5.91 Å². The molecule has 1 saturated heterocycles. The van der Waals surface area contributed by atoms with Crippen LogP contribution in [-0.2, 0) is 9.59 Å². The lowest BCUT2D eigenvalue weighted by molar-refractivity contribution is -0.138. The van der Waals surface area contributed by atoms with E-state index in [9.17, 15) is 9.59 Å². The average molecular weight is 197 g/mol. The van der Waals surface area contributed by atoms with Crippen LogP contribution in [0.5, 0.6) is 0 Å². The summed E-state index contributed by atoms with van der Waals surface area (Å²) in [4.78, 5) is 21.2. The number of halogens is 1. The van der Waals surface area contributed by atoms with E-state index in [2.05, 4.69) is 5.32 Å². The van der Waals surface area contributed by atoms with Gasteiger partial charge in [-0.3, -0.25) is 9.59 Å². The molecular weight excluding hydrogens is 184 g/mol. The number of carbonyl (C=O) groups excluding carboxylic acids is 2. The number of hydrogen-bond donors (Lipinski definition) is 2. The monoisotopic (exact) mass is 196 g/mol. The maximum Gasteiger partial charge on any atom is 0.285 e. The molecular formula is C6H13ClN2O3. The van der Waals surface area contributed by atoms with Gasteiger partial charge in [-0.05, 0) is 13.0 Å². The van der Waals surface area contributed by atoms with E-state index in [0.29, 0.717) is 6.54 Å². The summed E-state index contributed by atoms with van der Waals surface area (Å²) in [5.74, 6) is -1.42. The Labute approximate surface area is 76.4 Å². The minimum absolute atomic E-state index is 0. The molecule has 0 aromatic rings. The molecule has 0 aliphatic carbocycles. The Bertz CT molecular complexity index is 168. The van der Waals surface area contributed by atoms with Crippen molar-refractivity contribution in [2.75, 3.05) is 13.1 Å². The topological polar surface area (TPSA) is 104 Å². The molecule has 5 nitrogen and oxygen atoms in total. The molecule has 6 heteroatoms. The van der Waals surface area contributed by atoms with Crippen molar-refractivity contribution in [1.29, 1.82) is 0 Å². The Hall–Kier alpha value is -0.650. The molecule has 5 N–H and O–H groups in total. The highest BCUT2D eigenvalue weighted by Crippen LogP contribution is 2.07. The first-order chi connectivity index (χ1) is 4.72. The zero-order valence-corrected chi connectivity index (χ0v) is 7.32. The molecule has 1 aliphatic heterocycles. The average Bonchev–Trinajstić information content (AvgIpc) is 2.36. The van der Waals surface area contributed by atoms with Gasteiger partial charge in [0.1, 0.15) is 0 Å². The molecule has 0 aromatic heterocycles. The quantitative estimate of drug-likeness (QED) is 0.512. The molecule has 1 amide bonds. The fourth-order valence-electron chi connectivity index (χ4n) is 1.08. The van der Waals surface area contributed by atoms with Crippen molar-refractivity contribution in [2.24, 2.45) is 11.7 Å². The summed E-state index contributed by atoms with van der Waals surface area (Å²) in [6.45, 7) is 1.41. The molecule has 12 heavy (non-hydrogen) atoms. The Morgan fingerprint density at radius 1 is 1.42 bits per heavy atom. The lowest BCUT2D eigenvalue weighted by Crippen LogP contribution is -2.31. The molecule has 0 aromatic carbocycles. The number of Topliss-reactive ketones (excluding diaryl/α,β-unsaturated/α-hetero) is 1. The molecule has 1 heterocycles. The van der Waals surface area contributed by atoms with Crippen LogP contribution in [0, 0.1) is 5.92 Å². The lowest BCUT2D eigenvalue weighted by Gasteiger charge is -2.00. The van der Waals surface area contributed by atoms with Crippen molar-refractivity contribution in [3.8, 4) is 0 Å². The standard InChI is InChI=1S/C6H10N2O2.ClH.H2O/c7-6(10)5(9)4-1-2-8-3-4;;/h4,8H,1-3H2,(H2,7,10);1H;1H2/t4-;;/m1../s1. The summed E-state index contributed by atoms with van der Waals surface area (Å²) in [7, 11) is 0. The SMILES string of the molecule is Cl.NC(=O)C(=O)[C@@H]1CCNC1.O. The van der Waals surface area contributed by atoms with Gasteiger partial charge in [0.15, 0.2) is 0 Å². The third kappa shape index (κ3) is 3.17. The smallest absolute Gasteiger partial charge is 0.285 e. The normalized spacial score (nSPS) is 20.5. The summed E-state index contributed by atoms with van der Waals surface area (Å²) < 4.78 is 0. The predicted octanol–water partition coefficient (Wildman–Crippen LogP) is -1.75. The van der Waals surface area contributed by atoms with Crippen LogP contribution >= 0.6 is 12.4 Å². The molecule has 1 fully saturated rings. The maximum atomic E-state index is 10.8. The van der Waals surface area contributed by atoms with Crippen molar-refractivity contribution >= 4 is 24.1 Å². The van der Waals surface area contributed by atoms with Gasteiger partial charge in [-0.15, -0.1) is 12.4 Å². The van der Waals surface area contributed by atoms with Crippen molar-refractivity contribution in [2.45, 2.75) is 6.42 Å². The van der Waals surface area contributed by atoms with Gasteiger partial charge in [0.05, 0.1) is 0 Å². The van der Waals surface area contributed by atoms with Gasteiger partial charge in [0, 0.05) is 12.5 Å². The van der Waals surface area contributed by atoms with E-state index in [1.165, 1.54) is 0 Å². The van der Waals surface area contributed by atoms with Crippen LogP contribution in [0.4, 0.5) is 0 Å². The van der Waals surface area contributed by atoms with Crippen LogP contribution in [0.15, 0.2) is 0 Å². The van der Waals surface area contributed by atoms with Gasteiger partial charge in [-0.25, -0.2) is 0 Å². The molecule has 1 atom stereocenters. The molecule has 0 bridgehead atoms. The zero-order valence-electron chi connectivity index (χ0n) is 6.50. The maximum absolute atomic E-state index is 10.8. The Balaban J connectivity index is 0. The van der Waals surface area contributed by atoms with E-state index in [-0.39, 0.29) is 23.8 Å². The summed E-state index contributed by atoms with van der Waals surface area (Å²) in [6.07, 6.45) is 0.738. The zero-order chi connectivity index (χ0) is 7.56. The first-order valence-corrected chi connectivity index (χ1v) is 3.26. The number of ketones is 1. The second-order valence-electron chi connectivity index (χ2n) is 2.42. The predicted molar refractivity (Wildman–Crippen MR) is 46.0 cm³/mol. The van der Waals surface area contributed by atoms with E-state index >= 15 is 0 Å². The van der Waals surface area contributed by atoms with Crippen molar-refractivity contribution in [3.63, 3.8) is 0 Å². The fourth-order valence-corrected chi connectivity index (χ4v) is 1.08. The first kappa shape index (κ1) is 13.9. The highest BCUT2D eigenvalue weighted by molar-refractivity contribution is 6.36. The van der Waals surface area contributed by atoms with Crippen molar-refractivity contribution < 1.29 is 15.1 Å². The summed E-state index contributed by atoms with van der Waals surface area (Å²) in [5.41, 5.74) is 4.80. The molecule has 0 radical (unpaired) electrons. The second kappa shape index (κ2) is 5.93. The van der Waals surface area contributed by atoms with Crippen molar-refractivity contribution in [1.82, 2.24) is 5.32 Å². The van der Waals surface area contributed by atoms with Crippen molar-refractivity contribution in [3.05, 3.63) is 0 Å². The highest BCUT2D eigenvalue weighted by atomic mass is 35.5. The number of primary amides is 1. The van der Waals surface area contributed by atoms with E-state index in [1.54, 1.807) is 0 Å². The fraction of sp³-hybridized carbons (Fsp3) is 0.667. The molecule has 0 unspecified atom stereocenters. The molecule has 0 saturated carbocycles. The Kier molecular flexibility index (Phi) is 6.88. The molecule has 0 spiro atoms. The van der Waals surface area contributed by atoms with Gasteiger partial charge >= 0.3 is 0 Å². The number of nitrogens with two attached hydrogens (primary N) is 1. The van der Waals surface area contributed by atoms with Crippen LogP contribution < -0.4 is 11.1 Å². The van der Waals surface area contributed by atoms with E-state index in [1.807, 2.05) is 0 Å². The number of hydrogen-bond acceptors (Lipinski definition) is 3. The molecule has 1 rings (SSSR count). The number of amides is 1. The summed E-state index contributed by atoms with van der Waals surface area (Å²) >= 11 is 0. The summed E-state index contributed by atoms with van der Waals surface area (Å²) in [6, 6.07) is 0. The largest absolute Gasteiger partial charge is 0.412 e. The minimum atomic E-state index is -0.811. The number of carbonyl (C=O) groups is 2. The van der Waals surface area contributed by atoms with Crippen LogP contribution in [0.3, 0.4) is 0 Å². The van der Waals surface area contributed by atoms with Crippen LogP contribution in [0.2, 0.25) is 0 Å². The van der Waals surface area contributed by atoms with Crippen LogP contribution in [0.1, 0.15) is 6.42 Å². The van der Waals surface area contributed by atoms with Gasteiger partial charge in [-0.1, -0.05) is 0 Å². The third-order valence-electron chi connectivity index (χ3n) is 1.67. The third-order valence-corrected chi connectivity index (χ3v) is 1.67. The molecule has 72 valence electrons. The first-order valence-electron chi connectivity index (χ1n) is 3.26.